The Bertz CT molecular complexity index is 1660. The molecule has 0 aliphatic carbocycles. The summed E-state index contributed by atoms with van der Waals surface area (Å²) in [5.41, 5.74) is 8.12. The Morgan fingerprint density at radius 3 is 2.70 bits per heavy atom. The minimum Gasteiger partial charge on any atom is -0.467 e. The summed E-state index contributed by atoms with van der Waals surface area (Å²) in [6.45, 7) is 1.29. The van der Waals surface area contributed by atoms with Crippen LogP contribution >= 0.6 is 11.3 Å². The third-order valence-corrected chi connectivity index (χ3v) is 7.91. The number of anilines is 1. The van der Waals surface area contributed by atoms with E-state index < -0.39 is 17.9 Å². The van der Waals surface area contributed by atoms with Crippen LogP contribution in [-0.4, -0.2) is 47.7 Å². The van der Waals surface area contributed by atoms with E-state index in [4.69, 9.17) is 15.5 Å². The molecule has 4 aromatic rings. The van der Waals surface area contributed by atoms with Crippen LogP contribution in [0.1, 0.15) is 45.9 Å². The second kappa shape index (κ2) is 11.7. The number of carbonyl (C=O) groups is 2. The standard InChI is InChI=1S/C29H28N6O4S/c1-39-28(38)23(18-8-3-2-4-9-18)32-26(36)22-17-40-25-24(22)33-29(34-13-7-12-21(31)16-34)35(27(25)37)15-20-11-6-5-10-19(20)14-30/h2-6,8-11,17,21,23H,7,12-13,15-16,31H2,1H3,(H,32,36)/t21-,23?/m1/s1. The molecule has 10 nitrogen and oxygen atoms in total. The van der Waals surface area contributed by atoms with Gasteiger partial charge in [0, 0.05) is 24.5 Å². The number of nitrogens with one attached hydrogen (secondary N) is 1. The van der Waals surface area contributed by atoms with Gasteiger partial charge in [-0.3, -0.25) is 14.2 Å². The second-order valence-electron chi connectivity index (χ2n) is 9.59. The van der Waals surface area contributed by atoms with Gasteiger partial charge < -0.3 is 20.7 Å². The van der Waals surface area contributed by atoms with Crippen molar-refractivity contribution in [2.24, 2.45) is 5.73 Å². The number of esters is 1. The van der Waals surface area contributed by atoms with E-state index in [2.05, 4.69) is 11.4 Å². The van der Waals surface area contributed by atoms with Crippen LogP contribution < -0.4 is 21.5 Å². The maximum atomic E-state index is 13.9. The number of nitrogens with two attached hydrogens (primary N) is 1. The van der Waals surface area contributed by atoms with Gasteiger partial charge in [0.1, 0.15) is 10.2 Å². The Kier molecular flexibility index (Phi) is 7.91. The average molecular weight is 557 g/mol. The van der Waals surface area contributed by atoms with Crippen LogP contribution in [0, 0.1) is 11.3 Å². The van der Waals surface area contributed by atoms with Gasteiger partial charge in [-0.25, -0.2) is 9.78 Å². The molecule has 0 saturated carbocycles. The molecule has 1 fully saturated rings. The predicted molar refractivity (Wildman–Crippen MR) is 152 cm³/mol. The largest absolute Gasteiger partial charge is 0.467 e. The number of methoxy groups -OCH3 is 1. The Balaban J connectivity index is 1.59. The maximum Gasteiger partial charge on any atom is 0.333 e. The molecule has 1 amide bonds. The zero-order valence-electron chi connectivity index (χ0n) is 21.9. The molecule has 5 rings (SSSR count). The van der Waals surface area contributed by atoms with Gasteiger partial charge in [0.25, 0.3) is 11.5 Å². The summed E-state index contributed by atoms with van der Waals surface area (Å²) in [6.07, 6.45) is 1.69. The summed E-state index contributed by atoms with van der Waals surface area (Å²) in [6, 6.07) is 17.0. The summed E-state index contributed by atoms with van der Waals surface area (Å²) in [5.74, 6) is -0.778. The number of piperidine rings is 1. The Morgan fingerprint density at radius 2 is 1.98 bits per heavy atom. The maximum absolute atomic E-state index is 13.9. The van der Waals surface area contributed by atoms with E-state index in [-0.39, 0.29) is 29.2 Å². The molecule has 3 N–H and O–H groups in total. The molecule has 1 unspecified atom stereocenters. The molecule has 3 heterocycles. The molecule has 0 spiro atoms. The molecule has 11 heteroatoms. The van der Waals surface area contributed by atoms with Crippen molar-refractivity contribution in [2.75, 3.05) is 25.1 Å². The van der Waals surface area contributed by atoms with Gasteiger partial charge in [0.15, 0.2) is 6.04 Å². The lowest BCUT2D eigenvalue weighted by Crippen LogP contribution is -2.45. The monoisotopic (exact) mass is 556 g/mol. The predicted octanol–water partition coefficient (Wildman–Crippen LogP) is 2.95. The zero-order valence-corrected chi connectivity index (χ0v) is 22.7. The number of rotatable bonds is 7. The van der Waals surface area contributed by atoms with E-state index in [0.29, 0.717) is 40.4 Å². The smallest absolute Gasteiger partial charge is 0.333 e. The van der Waals surface area contributed by atoms with Crippen LogP contribution in [0.5, 0.6) is 0 Å². The molecule has 1 aliphatic rings. The molecule has 204 valence electrons. The average Bonchev–Trinajstić information content (AvgIpc) is 3.42. The Hall–Kier alpha value is -4.53. The van der Waals surface area contributed by atoms with Gasteiger partial charge >= 0.3 is 5.97 Å². The highest BCUT2D eigenvalue weighted by molar-refractivity contribution is 7.17. The fourth-order valence-corrected chi connectivity index (χ4v) is 5.85. The number of benzene rings is 2. The number of hydrogen-bond donors (Lipinski definition) is 2. The highest BCUT2D eigenvalue weighted by Gasteiger charge is 2.28. The van der Waals surface area contributed by atoms with Crippen LogP contribution in [0.4, 0.5) is 5.95 Å². The fourth-order valence-electron chi connectivity index (χ4n) is 4.91. The Labute approximate surface area is 234 Å². The van der Waals surface area contributed by atoms with E-state index in [9.17, 15) is 19.6 Å². The van der Waals surface area contributed by atoms with Crippen molar-refractivity contribution in [1.82, 2.24) is 14.9 Å². The third-order valence-electron chi connectivity index (χ3n) is 6.95. The number of thiophene rings is 1. The fraction of sp³-hybridized carbons (Fsp3) is 0.276. The first kappa shape index (κ1) is 27.1. The minimum absolute atomic E-state index is 0.0851. The first-order valence-electron chi connectivity index (χ1n) is 12.9. The van der Waals surface area contributed by atoms with E-state index in [1.54, 1.807) is 46.3 Å². The summed E-state index contributed by atoms with van der Waals surface area (Å²) in [7, 11) is 1.26. The van der Waals surface area contributed by atoms with Crippen molar-refractivity contribution in [3.63, 3.8) is 0 Å². The normalized spacial score (nSPS) is 15.8. The number of nitrogens with zero attached hydrogens (tertiary/aromatic N) is 4. The van der Waals surface area contributed by atoms with Crippen molar-refractivity contribution < 1.29 is 14.3 Å². The summed E-state index contributed by atoms with van der Waals surface area (Å²) < 4.78 is 6.79. The highest BCUT2D eigenvalue weighted by Crippen LogP contribution is 2.27. The molecule has 2 atom stereocenters. The molecule has 0 radical (unpaired) electrons. The summed E-state index contributed by atoms with van der Waals surface area (Å²) in [4.78, 5) is 46.8. The van der Waals surface area contributed by atoms with Crippen LogP contribution in [0.3, 0.4) is 0 Å². The van der Waals surface area contributed by atoms with Crippen LogP contribution in [0.2, 0.25) is 0 Å². The van der Waals surface area contributed by atoms with E-state index in [0.717, 1.165) is 24.2 Å². The van der Waals surface area contributed by atoms with Gasteiger partial charge in [0.05, 0.1) is 30.9 Å². The van der Waals surface area contributed by atoms with E-state index >= 15 is 0 Å². The van der Waals surface area contributed by atoms with Gasteiger partial charge in [-0.15, -0.1) is 11.3 Å². The van der Waals surface area contributed by atoms with Crippen molar-refractivity contribution in [1.29, 1.82) is 5.26 Å². The van der Waals surface area contributed by atoms with Crippen molar-refractivity contribution in [3.05, 3.63) is 92.6 Å². The molecule has 40 heavy (non-hydrogen) atoms. The van der Waals surface area contributed by atoms with Gasteiger partial charge in [-0.1, -0.05) is 48.5 Å². The molecule has 0 bridgehead atoms. The summed E-state index contributed by atoms with van der Waals surface area (Å²) in [5, 5.41) is 13.9. The number of amides is 1. The zero-order chi connectivity index (χ0) is 28.2. The number of hydrogen-bond acceptors (Lipinski definition) is 9. The molecular weight excluding hydrogens is 528 g/mol. The topological polar surface area (TPSA) is 143 Å². The SMILES string of the molecule is COC(=O)C(NC(=O)c1csc2c(=O)n(Cc3ccccc3C#N)c(N3CCC[C@@H](N)C3)nc12)c1ccccc1. The molecule has 1 saturated heterocycles. The van der Waals surface area contributed by atoms with Crippen molar-refractivity contribution in [2.45, 2.75) is 31.5 Å². The van der Waals surface area contributed by atoms with Crippen LogP contribution in [-0.2, 0) is 16.1 Å². The van der Waals surface area contributed by atoms with Gasteiger partial charge in [-0.2, -0.15) is 5.26 Å². The van der Waals surface area contributed by atoms with Gasteiger partial charge in [0.2, 0.25) is 5.95 Å². The number of aromatic nitrogens is 2. The van der Waals surface area contributed by atoms with E-state index in [1.807, 2.05) is 23.1 Å². The number of nitriles is 1. The molecule has 2 aromatic heterocycles. The minimum atomic E-state index is -1.03. The van der Waals surface area contributed by atoms with Crippen LogP contribution in [0.25, 0.3) is 10.2 Å². The summed E-state index contributed by atoms with van der Waals surface area (Å²) >= 11 is 1.12. The molecule has 1 aliphatic heterocycles. The molecule has 2 aromatic carbocycles. The molecular formula is C29H28N6O4S. The third kappa shape index (κ3) is 5.32. The number of carbonyl (C=O) groups excluding carboxylic acids is 2. The lowest BCUT2D eigenvalue weighted by atomic mass is 10.1. The second-order valence-corrected chi connectivity index (χ2v) is 10.5. The highest BCUT2D eigenvalue weighted by atomic mass is 32.1. The lowest BCUT2D eigenvalue weighted by Gasteiger charge is -2.33. The van der Waals surface area contributed by atoms with Crippen molar-refractivity contribution in [3.8, 4) is 6.07 Å². The first-order valence-corrected chi connectivity index (χ1v) is 13.7. The van der Waals surface area contributed by atoms with Gasteiger partial charge in [-0.05, 0) is 30.0 Å². The van der Waals surface area contributed by atoms with Crippen LogP contribution in [0.15, 0.2) is 64.8 Å². The Morgan fingerprint density at radius 1 is 1.23 bits per heavy atom. The van der Waals surface area contributed by atoms with Crippen molar-refractivity contribution >= 4 is 39.4 Å². The lowest BCUT2D eigenvalue weighted by molar-refractivity contribution is -0.143. The first-order chi connectivity index (χ1) is 19.4. The number of fused-ring (bicyclic) bond motifs is 1. The van der Waals surface area contributed by atoms with E-state index in [1.165, 1.54) is 7.11 Å². The number of ether oxygens (including phenoxy) is 1. The quantitative estimate of drug-likeness (QED) is 0.331.